The summed E-state index contributed by atoms with van der Waals surface area (Å²) in [6.45, 7) is 2.34. The predicted molar refractivity (Wildman–Crippen MR) is 105 cm³/mol. The van der Waals surface area contributed by atoms with Crippen LogP contribution < -0.4 is 4.74 Å². The van der Waals surface area contributed by atoms with Crippen molar-refractivity contribution < 1.29 is 24.2 Å². The molecule has 1 unspecified atom stereocenters. The topological polar surface area (TPSA) is 76.1 Å². The summed E-state index contributed by atoms with van der Waals surface area (Å²) < 4.78 is 11.2. The maximum absolute atomic E-state index is 12.3. The molecule has 0 amide bonds. The molecule has 1 heterocycles. The quantitative estimate of drug-likeness (QED) is 0.557. The van der Waals surface area contributed by atoms with Crippen LogP contribution in [0.1, 0.15) is 28.4 Å². The van der Waals surface area contributed by atoms with Crippen molar-refractivity contribution in [1.29, 1.82) is 0 Å². The van der Waals surface area contributed by atoms with Crippen molar-refractivity contribution in [2.75, 3.05) is 26.2 Å². The lowest BCUT2D eigenvalue weighted by molar-refractivity contribution is -0.137. The number of nitrogens with zero attached hydrogens (tertiary/aromatic N) is 1. The number of esters is 1. The number of rotatable bonds is 6. The highest BCUT2D eigenvalue weighted by Crippen LogP contribution is 2.28. The average molecular weight is 424 g/mol. The summed E-state index contributed by atoms with van der Waals surface area (Å²) in [5.74, 6) is -1.08. The Morgan fingerprint density at radius 2 is 1.82 bits per heavy atom. The highest BCUT2D eigenvalue weighted by molar-refractivity contribution is 6.39. The summed E-state index contributed by atoms with van der Waals surface area (Å²) in [6.07, 6.45) is -0.0584. The van der Waals surface area contributed by atoms with E-state index < -0.39 is 11.9 Å². The summed E-state index contributed by atoms with van der Waals surface area (Å²) in [7, 11) is 0. The van der Waals surface area contributed by atoms with Crippen molar-refractivity contribution in [1.82, 2.24) is 4.90 Å². The molecule has 0 saturated carbocycles. The fourth-order valence-electron chi connectivity index (χ4n) is 2.96. The third-order valence-electron chi connectivity index (χ3n) is 4.42. The van der Waals surface area contributed by atoms with Crippen LogP contribution in [0.25, 0.3) is 0 Å². The van der Waals surface area contributed by atoms with Crippen LogP contribution in [0.2, 0.25) is 10.0 Å². The second-order valence-corrected chi connectivity index (χ2v) is 7.17. The van der Waals surface area contributed by atoms with E-state index in [0.717, 1.165) is 5.56 Å². The van der Waals surface area contributed by atoms with Gasteiger partial charge in [0.05, 0.1) is 34.7 Å². The molecule has 1 aliphatic rings. The molecule has 1 saturated heterocycles. The number of carbonyl (C=O) groups excluding carboxylic acids is 1. The first-order chi connectivity index (χ1) is 13.4. The molecule has 1 fully saturated rings. The monoisotopic (exact) mass is 423 g/mol. The minimum Gasteiger partial charge on any atom is -0.481 e. The molecule has 3 rings (SSSR count). The minimum atomic E-state index is -0.812. The van der Waals surface area contributed by atoms with Crippen molar-refractivity contribution in [2.45, 2.75) is 12.5 Å². The molecule has 2 aromatic carbocycles. The number of hydrogen-bond acceptors (Lipinski definition) is 5. The third kappa shape index (κ3) is 5.23. The molecule has 1 aliphatic heterocycles. The molecule has 1 atom stereocenters. The second kappa shape index (κ2) is 9.39. The van der Waals surface area contributed by atoms with Gasteiger partial charge in [-0.3, -0.25) is 9.69 Å². The van der Waals surface area contributed by atoms with Gasteiger partial charge in [0.2, 0.25) is 0 Å². The van der Waals surface area contributed by atoms with Crippen LogP contribution in [-0.2, 0) is 9.53 Å². The molecule has 0 spiro atoms. The fraction of sp³-hybridized carbons (Fsp3) is 0.300. The van der Waals surface area contributed by atoms with Crippen molar-refractivity contribution in [2.24, 2.45) is 0 Å². The predicted octanol–water partition coefficient (Wildman–Crippen LogP) is 4.06. The van der Waals surface area contributed by atoms with E-state index in [2.05, 4.69) is 4.90 Å². The number of hydrogen-bond donors (Lipinski definition) is 1. The van der Waals surface area contributed by atoms with Gasteiger partial charge in [-0.2, -0.15) is 0 Å². The van der Waals surface area contributed by atoms with E-state index in [1.54, 1.807) is 30.3 Å². The van der Waals surface area contributed by atoms with Gasteiger partial charge < -0.3 is 14.6 Å². The average Bonchev–Trinajstić information content (AvgIpc) is 2.67. The number of halogens is 2. The molecule has 6 nitrogen and oxygen atoms in total. The molecule has 0 aromatic heterocycles. The van der Waals surface area contributed by atoms with Crippen LogP contribution in [0.15, 0.2) is 42.5 Å². The van der Waals surface area contributed by atoms with Crippen molar-refractivity contribution >= 4 is 35.1 Å². The highest BCUT2D eigenvalue weighted by atomic mass is 35.5. The van der Waals surface area contributed by atoms with Gasteiger partial charge in [0.15, 0.2) is 0 Å². The van der Waals surface area contributed by atoms with E-state index in [-0.39, 0.29) is 28.1 Å². The summed E-state index contributed by atoms with van der Waals surface area (Å²) in [4.78, 5) is 25.2. The lowest BCUT2D eigenvalue weighted by Crippen LogP contribution is -2.39. The molecule has 0 radical (unpaired) electrons. The number of benzene rings is 2. The van der Waals surface area contributed by atoms with Crippen molar-refractivity contribution in [3.63, 3.8) is 0 Å². The number of ether oxygens (including phenoxy) is 2. The zero-order chi connectivity index (χ0) is 20.1. The molecular formula is C20H19Cl2NO5. The number of carboxylic acids is 1. The van der Waals surface area contributed by atoms with Crippen LogP contribution in [0.4, 0.5) is 0 Å². The highest BCUT2D eigenvalue weighted by Gasteiger charge is 2.23. The van der Waals surface area contributed by atoms with Gasteiger partial charge in [0, 0.05) is 19.6 Å². The Balaban J connectivity index is 1.63. The Labute approximate surface area is 172 Å². The summed E-state index contributed by atoms with van der Waals surface area (Å²) in [5, 5.41) is 9.29. The SMILES string of the molecule is O=C(O)CCN1CCOC(c2ccc(OC(=O)c3c(Cl)cccc3Cl)cc2)C1. The maximum atomic E-state index is 12.3. The molecule has 2 aromatic rings. The molecule has 0 bridgehead atoms. The van der Waals surface area contributed by atoms with E-state index >= 15 is 0 Å². The van der Waals surface area contributed by atoms with E-state index in [9.17, 15) is 9.59 Å². The zero-order valence-electron chi connectivity index (χ0n) is 14.9. The lowest BCUT2D eigenvalue weighted by Gasteiger charge is -2.32. The normalized spacial score (nSPS) is 17.3. The Morgan fingerprint density at radius 3 is 2.46 bits per heavy atom. The first-order valence-electron chi connectivity index (χ1n) is 8.76. The van der Waals surface area contributed by atoms with Gasteiger partial charge >= 0.3 is 11.9 Å². The lowest BCUT2D eigenvalue weighted by atomic mass is 10.1. The van der Waals surface area contributed by atoms with E-state index in [4.69, 9.17) is 37.8 Å². The first-order valence-corrected chi connectivity index (χ1v) is 9.51. The van der Waals surface area contributed by atoms with Crippen LogP contribution >= 0.6 is 23.2 Å². The molecule has 148 valence electrons. The minimum absolute atomic E-state index is 0.103. The molecule has 1 N–H and O–H groups in total. The van der Waals surface area contributed by atoms with Gasteiger partial charge in [-0.1, -0.05) is 41.4 Å². The van der Waals surface area contributed by atoms with Gasteiger partial charge in [-0.25, -0.2) is 4.79 Å². The van der Waals surface area contributed by atoms with Crippen molar-refractivity contribution in [3.8, 4) is 5.75 Å². The Morgan fingerprint density at radius 1 is 1.14 bits per heavy atom. The van der Waals surface area contributed by atoms with Crippen molar-refractivity contribution in [3.05, 3.63) is 63.6 Å². The number of carboxylic acid groups (broad SMARTS) is 1. The Kier molecular flexibility index (Phi) is 6.91. The smallest absolute Gasteiger partial charge is 0.346 e. The molecule has 0 aliphatic carbocycles. The van der Waals surface area contributed by atoms with E-state index in [0.29, 0.717) is 32.0 Å². The second-order valence-electron chi connectivity index (χ2n) is 6.36. The molecule has 28 heavy (non-hydrogen) atoms. The van der Waals surface area contributed by atoms with Crippen LogP contribution in [0, 0.1) is 0 Å². The Bertz CT molecular complexity index is 836. The van der Waals surface area contributed by atoms with Gasteiger partial charge in [-0.15, -0.1) is 0 Å². The van der Waals surface area contributed by atoms with E-state index in [1.165, 1.54) is 0 Å². The zero-order valence-corrected chi connectivity index (χ0v) is 16.4. The summed E-state index contributed by atoms with van der Waals surface area (Å²) in [5.41, 5.74) is 1.05. The molecule has 8 heteroatoms. The number of carbonyl (C=O) groups is 2. The van der Waals surface area contributed by atoms with Crippen LogP contribution in [0.3, 0.4) is 0 Å². The number of morpholine rings is 1. The number of aliphatic carboxylic acids is 1. The fourth-order valence-corrected chi connectivity index (χ4v) is 3.51. The largest absolute Gasteiger partial charge is 0.481 e. The van der Waals surface area contributed by atoms with Crippen LogP contribution in [0.5, 0.6) is 5.75 Å². The van der Waals surface area contributed by atoms with Gasteiger partial charge in [-0.05, 0) is 29.8 Å². The molecular weight excluding hydrogens is 405 g/mol. The maximum Gasteiger partial charge on any atom is 0.346 e. The third-order valence-corrected chi connectivity index (χ3v) is 5.05. The Hall–Kier alpha value is -2.12. The summed E-state index contributed by atoms with van der Waals surface area (Å²) >= 11 is 12.1. The summed E-state index contributed by atoms with van der Waals surface area (Å²) in [6, 6.07) is 11.8. The van der Waals surface area contributed by atoms with E-state index in [1.807, 2.05) is 12.1 Å². The standard InChI is InChI=1S/C20H19Cl2NO5/c21-15-2-1-3-16(22)19(15)20(26)28-14-6-4-13(5-7-14)17-12-23(10-11-27-17)9-8-18(24)25/h1-7,17H,8-12H2,(H,24,25). The first kappa shape index (κ1) is 20.6. The van der Waals surface area contributed by atoms with Gasteiger partial charge in [0.25, 0.3) is 0 Å². The van der Waals surface area contributed by atoms with Crippen LogP contribution in [-0.4, -0.2) is 48.2 Å². The van der Waals surface area contributed by atoms with Gasteiger partial charge in [0.1, 0.15) is 5.75 Å².